The van der Waals surface area contributed by atoms with Crippen LogP contribution in [-0.4, -0.2) is 77.9 Å². The summed E-state index contributed by atoms with van der Waals surface area (Å²) < 4.78 is 10.3. The molecule has 0 spiro atoms. The van der Waals surface area contributed by atoms with Crippen LogP contribution in [0.25, 0.3) is 0 Å². The van der Waals surface area contributed by atoms with Gasteiger partial charge in [-0.15, -0.1) is 24.0 Å². The Labute approximate surface area is 184 Å². The molecule has 1 saturated heterocycles. The molecule has 1 N–H and O–H groups in total. The standard InChI is InChI=1S/C18H32N6O3.HI/c1-5-19-17(23-10-12-24(13-11-23)18(25)26-6-2)20-9-7-8-15-21-16(14(3)4)22-27-15;/h14H,5-13H2,1-4H3,(H,19,20);1H. The van der Waals surface area contributed by atoms with Gasteiger partial charge in [0.15, 0.2) is 11.8 Å². The minimum Gasteiger partial charge on any atom is -0.450 e. The molecule has 1 fully saturated rings. The lowest BCUT2D eigenvalue weighted by Gasteiger charge is -2.35. The van der Waals surface area contributed by atoms with Gasteiger partial charge in [0.25, 0.3) is 0 Å². The summed E-state index contributed by atoms with van der Waals surface area (Å²) in [6.07, 6.45) is 1.33. The third kappa shape index (κ3) is 7.44. The normalized spacial score (nSPS) is 14.8. The Bertz CT molecular complexity index is 614. The molecule has 1 amide bonds. The van der Waals surface area contributed by atoms with E-state index in [0.717, 1.165) is 44.3 Å². The van der Waals surface area contributed by atoms with Crippen LogP contribution in [0.5, 0.6) is 0 Å². The van der Waals surface area contributed by atoms with Crippen LogP contribution in [0, 0.1) is 0 Å². The van der Waals surface area contributed by atoms with Crippen LogP contribution in [0.3, 0.4) is 0 Å². The molecule has 0 unspecified atom stereocenters. The number of amides is 1. The fourth-order valence-electron chi connectivity index (χ4n) is 2.76. The fourth-order valence-corrected chi connectivity index (χ4v) is 2.76. The number of nitrogens with zero attached hydrogens (tertiary/aromatic N) is 5. The molecule has 0 radical (unpaired) electrons. The van der Waals surface area contributed by atoms with Crippen molar-refractivity contribution in [1.82, 2.24) is 25.3 Å². The second-order valence-corrected chi connectivity index (χ2v) is 6.71. The number of carbonyl (C=O) groups is 1. The Morgan fingerprint density at radius 3 is 2.50 bits per heavy atom. The number of hydrogen-bond acceptors (Lipinski definition) is 6. The predicted molar refractivity (Wildman–Crippen MR) is 118 cm³/mol. The number of hydrogen-bond donors (Lipinski definition) is 1. The van der Waals surface area contributed by atoms with Crippen molar-refractivity contribution in [3.05, 3.63) is 11.7 Å². The summed E-state index contributed by atoms with van der Waals surface area (Å²) in [6, 6.07) is 0. The number of piperazine rings is 1. The van der Waals surface area contributed by atoms with E-state index in [1.807, 2.05) is 20.8 Å². The molecule has 0 bridgehead atoms. The van der Waals surface area contributed by atoms with Crippen molar-refractivity contribution in [2.45, 2.75) is 46.5 Å². The van der Waals surface area contributed by atoms with Gasteiger partial charge in [-0.1, -0.05) is 19.0 Å². The molecular formula is C18H33IN6O3. The Morgan fingerprint density at radius 2 is 1.93 bits per heavy atom. The first-order valence-electron chi connectivity index (χ1n) is 9.82. The summed E-state index contributed by atoms with van der Waals surface area (Å²) in [7, 11) is 0. The molecule has 1 aromatic heterocycles. The van der Waals surface area contributed by atoms with Crippen LogP contribution in [0.1, 0.15) is 51.7 Å². The van der Waals surface area contributed by atoms with Crippen molar-refractivity contribution in [3.63, 3.8) is 0 Å². The average molecular weight is 508 g/mol. The molecular weight excluding hydrogens is 475 g/mol. The first kappa shape index (κ1) is 24.4. The van der Waals surface area contributed by atoms with E-state index in [1.165, 1.54) is 0 Å². The molecule has 28 heavy (non-hydrogen) atoms. The quantitative estimate of drug-likeness (QED) is 0.262. The van der Waals surface area contributed by atoms with E-state index in [4.69, 9.17) is 14.3 Å². The Kier molecular flexibility index (Phi) is 11.2. The summed E-state index contributed by atoms with van der Waals surface area (Å²) in [6.45, 7) is 12.6. The summed E-state index contributed by atoms with van der Waals surface area (Å²) in [5, 5.41) is 7.31. The maximum absolute atomic E-state index is 11.8. The molecule has 0 atom stereocenters. The number of carbonyl (C=O) groups excluding carboxylic acids is 1. The van der Waals surface area contributed by atoms with Crippen LogP contribution in [0.4, 0.5) is 4.79 Å². The summed E-state index contributed by atoms with van der Waals surface area (Å²) in [5.41, 5.74) is 0. The molecule has 2 rings (SSSR count). The Hall–Kier alpha value is -1.59. The van der Waals surface area contributed by atoms with Crippen LogP contribution >= 0.6 is 24.0 Å². The number of ether oxygens (including phenoxy) is 1. The van der Waals surface area contributed by atoms with Gasteiger partial charge >= 0.3 is 6.09 Å². The number of rotatable bonds is 7. The van der Waals surface area contributed by atoms with Gasteiger partial charge in [0.1, 0.15) is 0 Å². The highest BCUT2D eigenvalue weighted by molar-refractivity contribution is 14.0. The lowest BCUT2D eigenvalue weighted by Crippen LogP contribution is -2.53. The van der Waals surface area contributed by atoms with E-state index in [1.54, 1.807) is 4.90 Å². The van der Waals surface area contributed by atoms with Crippen LogP contribution < -0.4 is 5.32 Å². The number of aryl methyl sites for hydroxylation is 1. The molecule has 2 heterocycles. The minimum atomic E-state index is -0.237. The van der Waals surface area contributed by atoms with E-state index in [0.29, 0.717) is 32.1 Å². The first-order chi connectivity index (χ1) is 13.0. The van der Waals surface area contributed by atoms with Gasteiger partial charge in [-0.25, -0.2) is 4.79 Å². The number of aliphatic imine (C=N–C) groups is 1. The van der Waals surface area contributed by atoms with Gasteiger partial charge < -0.3 is 24.4 Å². The van der Waals surface area contributed by atoms with E-state index in [9.17, 15) is 4.79 Å². The van der Waals surface area contributed by atoms with Crippen molar-refractivity contribution >= 4 is 36.0 Å². The molecule has 160 valence electrons. The maximum Gasteiger partial charge on any atom is 0.409 e. The lowest BCUT2D eigenvalue weighted by molar-refractivity contribution is 0.0914. The molecule has 1 aliphatic rings. The van der Waals surface area contributed by atoms with Gasteiger partial charge in [-0.2, -0.15) is 4.98 Å². The highest BCUT2D eigenvalue weighted by atomic mass is 127. The molecule has 0 aliphatic carbocycles. The van der Waals surface area contributed by atoms with Gasteiger partial charge in [0.2, 0.25) is 5.89 Å². The average Bonchev–Trinajstić information content (AvgIpc) is 3.14. The van der Waals surface area contributed by atoms with Crippen molar-refractivity contribution in [3.8, 4) is 0 Å². The van der Waals surface area contributed by atoms with E-state index >= 15 is 0 Å². The van der Waals surface area contributed by atoms with Gasteiger partial charge in [0.05, 0.1) is 6.61 Å². The van der Waals surface area contributed by atoms with Crippen molar-refractivity contribution < 1.29 is 14.1 Å². The van der Waals surface area contributed by atoms with Gasteiger partial charge in [0, 0.05) is 51.6 Å². The first-order valence-corrected chi connectivity index (χ1v) is 9.82. The van der Waals surface area contributed by atoms with Crippen LogP contribution in [0.2, 0.25) is 0 Å². The largest absolute Gasteiger partial charge is 0.450 e. The summed E-state index contributed by atoms with van der Waals surface area (Å²) in [5.74, 6) is 2.58. The molecule has 10 heteroatoms. The number of aromatic nitrogens is 2. The van der Waals surface area contributed by atoms with Gasteiger partial charge in [-0.3, -0.25) is 4.99 Å². The predicted octanol–water partition coefficient (Wildman–Crippen LogP) is 2.48. The second kappa shape index (κ2) is 12.8. The zero-order valence-electron chi connectivity index (χ0n) is 17.3. The maximum atomic E-state index is 11.8. The Balaban J connectivity index is 0.00000392. The third-order valence-corrected chi connectivity index (χ3v) is 4.25. The minimum absolute atomic E-state index is 0. The number of nitrogens with one attached hydrogen (secondary N) is 1. The number of halogens is 1. The SMILES string of the molecule is CCNC(=NCCCc1nc(C(C)C)no1)N1CCN(C(=O)OCC)CC1.I. The van der Waals surface area contributed by atoms with Crippen molar-refractivity contribution in [2.75, 3.05) is 45.9 Å². The lowest BCUT2D eigenvalue weighted by atomic mass is 10.2. The van der Waals surface area contributed by atoms with Crippen LogP contribution in [0.15, 0.2) is 9.52 Å². The van der Waals surface area contributed by atoms with Gasteiger partial charge in [-0.05, 0) is 20.3 Å². The molecule has 0 aromatic carbocycles. The van der Waals surface area contributed by atoms with E-state index in [-0.39, 0.29) is 36.0 Å². The zero-order valence-corrected chi connectivity index (χ0v) is 19.6. The molecule has 9 nitrogen and oxygen atoms in total. The summed E-state index contributed by atoms with van der Waals surface area (Å²) >= 11 is 0. The molecule has 1 aromatic rings. The number of guanidine groups is 1. The Morgan fingerprint density at radius 1 is 1.25 bits per heavy atom. The smallest absolute Gasteiger partial charge is 0.409 e. The fraction of sp³-hybridized carbons (Fsp3) is 0.778. The highest BCUT2D eigenvalue weighted by Crippen LogP contribution is 2.11. The molecule has 1 aliphatic heterocycles. The monoisotopic (exact) mass is 508 g/mol. The molecule has 0 saturated carbocycles. The second-order valence-electron chi connectivity index (χ2n) is 6.71. The van der Waals surface area contributed by atoms with E-state index in [2.05, 4.69) is 27.3 Å². The topological polar surface area (TPSA) is 96.1 Å². The zero-order chi connectivity index (χ0) is 19.6. The van der Waals surface area contributed by atoms with Crippen LogP contribution in [-0.2, 0) is 11.2 Å². The summed E-state index contributed by atoms with van der Waals surface area (Å²) in [4.78, 5) is 24.8. The third-order valence-electron chi connectivity index (χ3n) is 4.25. The van der Waals surface area contributed by atoms with Crippen molar-refractivity contribution in [1.29, 1.82) is 0 Å². The van der Waals surface area contributed by atoms with Crippen molar-refractivity contribution in [2.24, 2.45) is 4.99 Å². The highest BCUT2D eigenvalue weighted by Gasteiger charge is 2.23. The van der Waals surface area contributed by atoms with E-state index < -0.39 is 0 Å².